The Morgan fingerprint density at radius 1 is 1.14 bits per heavy atom. The van der Waals surface area contributed by atoms with E-state index in [0.717, 1.165) is 22.2 Å². The van der Waals surface area contributed by atoms with Crippen LogP contribution in [0.25, 0.3) is 10.9 Å². The highest BCUT2D eigenvalue weighted by Gasteiger charge is 2.06. The maximum Gasteiger partial charge on any atom is 0.129 e. The van der Waals surface area contributed by atoms with Gasteiger partial charge in [0.25, 0.3) is 0 Å². The van der Waals surface area contributed by atoms with E-state index in [0.29, 0.717) is 17.9 Å². The van der Waals surface area contributed by atoms with Gasteiger partial charge in [0.1, 0.15) is 12.4 Å². The summed E-state index contributed by atoms with van der Waals surface area (Å²) in [5.41, 5.74) is 8.85. The van der Waals surface area contributed by atoms with Crippen molar-refractivity contribution in [3.8, 4) is 11.8 Å². The molecule has 0 unspecified atom stereocenters. The average molecular weight is 275 g/mol. The second-order valence-corrected chi connectivity index (χ2v) is 4.65. The van der Waals surface area contributed by atoms with Crippen LogP contribution in [-0.4, -0.2) is 4.98 Å². The minimum Gasteiger partial charge on any atom is -0.488 e. The second kappa shape index (κ2) is 5.51. The van der Waals surface area contributed by atoms with Crippen LogP contribution in [0, 0.1) is 11.3 Å². The highest BCUT2D eigenvalue weighted by Crippen LogP contribution is 2.28. The number of nitriles is 1. The van der Waals surface area contributed by atoms with Gasteiger partial charge in [-0.1, -0.05) is 12.1 Å². The number of rotatable bonds is 3. The van der Waals surface area contributed by atoms with Crippen molar-refractivity contribution in [2.45, 2.75) is 6.61 Å². The van der Waals surface area contributed by atoms with Crippen LogP contribution in [0.1, 0.15) is 11.1 Å². The second-order valence-electron chi connectivity index (χ2n) is 4.65. The molecule has 0 aliphatic rings. The fourth-order valence-corrected chi connectivity index (χ4v) is 2.19. The summed E-state index contributed by atoms with van der Waals surface area (Å²) >= 11 is 0. The maximum atomic E-state index is 8.91. The number of benzene rings is 2. The molecule has 1 heterocycles. The standard InChI is InChI=1S/C17H13N3O/c18-10-12-3-1-4-13(9-12)11-21-16-7-6-15(19)17-14(16)5-2-8-20-17/h1-9H,11,19H2. The van der Waals surface area contributed by atoms with E-state index in [2.05, 4.69) is 11.1 Å². The van der Waals surface area contributed by atoms with Gasteiger partial charge in [0, 0.05) is 11.6 Å². The molecular formula is C17H13N3O. The Balaban J connectivity index is 1.89. The molecule has 2 N–H and O–H groups in total. The molecule has 102 valence electrons. The van der Waals surface area contributed by atoms with Gasteiger partial charge in [0.2, 0.25) is 0 Å². The summed E-state index contributed by atoms with van der Waals surface area (Å²) in [5, 5.41) is 9.79. The first-order valence-electron chi connectivity index (χ1n) is 6.53. The number of nitrogen functional groups attached to an aromatic ring is 1. The third-order valence-electron chi connectivity index (χ3n) is 3.21. The molecule has 4 heteroatoms. The number of aromatic nitrogens is 1. The van der Waals surface area contributed by atoms with Crippen molar-refractivity contribution in [1.82, 2.24) is 4.98 Å². The van der Waals surface area contributed by atoms with E-state index in [1.54, 1.807) is 18.3 Å². The lowest BCUT2D eigenvalue weighted by Gasteiger charge is -2.10. The Morgan fingerprint density at radius 3 is 2.90 bits per heavy atom. The van der Waals surface area contributed by atoms with Crippen LogP contribution in [0.3, 0.4) is 0 Å². The van der Waals surface area contributed by atoms with Crippen molar-refractivity contribution in [1.29, 1.82) is 5.26 Å². The smallest absolute Gasteiger partial charge is 0.129 e. The summed E-state index contributed by atoms with van der Waals surface area (Å²) in [4.78, 5) is 4.28. The van der Waals surface area contributed by atoms with Crippen molar-refractivity contribution in [2.24, 2.45) is 0 Å². The molecule has 0 radical (unpaired) electrons. The molecule has 0 atom stereocenters. The first-order valence-corrected chi connectivity index (χ1v) is 6.53. The normalized spacial score (nSPS) is 10.2. The van der Waals surface area contributed by atoms with Gasteiger partial charge in [-0.3, -0.25) is 4.98 Å². The van der Waals surface area contributed by atoms with Crippen LogP contribution >= 0.6 is 0 Å². The number of pyridine rings is 1. The number of hydrogen-bond acceptors (Lipinski definition) is 4. The van der Waals surface area contributed by atoms with Crippen LogP contribution in [0.15, 0.2) is 54.7 Å². The van der Waals surface area contributed by atoms with Crippen molar-refractivity contribution in [3.05, 3.63) is 65.9 Å². The first-order chi connectivity index (χ1) is 10.3. The average Bonchev–Trinajstić information content (AvgIpc) is 2.55. The number of fused-ring (bicyclic) bond motifs is 1. The number of hydrogen-bond donors (Lipinski definition) is 1. The number of anilines is 1. The Morgan fingerprint density at radius 2 is 2.05 bits per heavy atom. The molecule has 0 aliphatic carbocycles. The molecule has 0 saturated heterocycles. The summed E-state index contributed by atoms with van der Waals surface area (Å²) in [6, 6.07) is 16.9. The largest absolute Gasteiger partial charge is 0.488 e. The van der Waals surface area contributed by atoms with Crippen molar-refractivity contribution >= 4 is 16.6 Å². The monoisotopic (exact) mass is 275 g/mol. The van der Waals surface area contributed by atoms with Crippen LogP contribution in [0.2, 0.25) is 0 Å². The molecule has 2 aromatic carbocycles. The van der Waals surface area contributed by atoms with E-state index < -0.39 is 0 Å². The zero-order valence-corrected chi connectivity index (χ0v) is 11.3. The molecule has 0 aliphatic heterocycles. The van der Waals surface area contributed by atoms with Crippen LogP contribution < -0.4 is 10.5 Å². The summed E-state index contributed by atoms with van der Waals surface area (Å²) in [5.74, 6) is 0.731. The van der Waals surface area contributed by atoms with Crippen LogP contribution in [-0.2, 0) is 6.61 Å². The van der Waals surface area contributed by atoms with E-state index in [1.807, 2.05) is 36.4 Å². The quantitative estimate of drug-likeness (QED) is 0.745. The third-order valence-corrected chi connectivity index (χ3v) is 3.21. The SMILES string of the molecule is N#Cc1cccc(COc2ccc(N)c3ncccc23)c1. The van der Waals surface area contributed by atoms with Gasteiger partial charge >= 0.3 is 0 Å². The van der Waals surface area contributed by atoms with E-state index in [-0.39, 0.29) is 0 Å². The minimum absolute atomic E-state index is 0.392. The zero-order valence-electron chi connectivity index (χ0n) is 11.3. The van der Waals surface area contributed by atoms with Gasteiger partial charge in [0.15, 0.2) is 0 Å². The van der Waals surface area contributed by atoms with Crippen molar-refractivity contribution in [3.63, 3.8) is 0 Å². The number of nitrogens with two attached hydrogens (primary N) is 1. The third kappa shape index (κ3) is 2.63. The molecular weight excluding hydrogens is 262 g/mol. The van der Waals surface area contributed by atoms with E-state index in [1.165, 1.54) is 0 Å². The Bertz CT molecular complexity index is 837. The molecule has 3 rings (SSSR count). The van der Waals surface area contributed by atoms with E-state index in [9.17, 15) is 0 Å². The lowest BCUT2D eigenvalue weighted by atomic mass is 10.1. The summed E-state index contributed by atoms with van der Waals surface area (Å²) in [6.07, 6.45) is 1.71. The Labute approximate surface area is 122 Å². The maximum absolute atomic E-state index is 8.91. The fraction of sp³-hybridized carbons (Fsp3) is 0.0588. The van der Waals surface area contributed by atoms with Gasteiger partial charge in [-0.2, -0.15) is 5.26 Å². The molecule has 3 aromatic rings. The molecule has 0 bridgehead atoms. The molecule has 4 nitrogen and oxygen atoms in total. The highest BCUT2D eigenvalue weighted by atomic mass is 16.5. The first kappa shape index (κ1) is 12.9. The van der Waals surface area contributed by atoms with Crippen LogP contribution in [0.4, 0.5) is 5.69 Å². The Hall–Kier alpha value is -3.06. The van der Waals surface area contributed by atoms with Gasteiger partial charge < -0.3 is 10.5 Å². The van der Waals surface area contributed by atoms with Crippen molar-refractivity contribution < 1.29 is 4.74 Å². The topological polar surface area (TPSA) is 71.9 Å². The van der Waals surface area contributed by atoms with Gasteiger partial charge in [0.05, 0.1) is 22.8 Å². The van der Waals surface area contributed by atoms with Gasteiger partial charge in [-0.25, -0.2) is 0 Å². The summed E-state index contributed by atoms with van der Waals surface area (Å²) in [7, 11) is 0. The van der Waals surface area contributed by atoms with E-state index in [4.69, 9.17) is 15.7 Å². The molecule has 0 saturated carbocycles. The zero-order chi connectivity index (χ0) is 14.7. The predicted molar refractivity (Wildman–Crippen MR) is 81.6 cm³/mol. The minimum atomic E-state index is 0.392. The molecule has 0 amide bonds. The molecule has 21 heavy (non-hydrogen) atoms. The van der Waals surface area contributed by atoms with Gasteiger partial charge in [-0.05, 0) is 42.0 Å². The van der Waals surface area contributed by atoms with Crippen molar-refractivity contribution in [2.75, 3.05) is 5.73 Å². The number of ether oxygens (including phenoxy) is 1. The summed E-state index contributed by atoms with van der Waals surface area (Å²) in [6.45, 7) is 0.392. The summed E-state index contributed by atoms with van der Waals surface area (Å²) < 4.78 is 5.85. The fourth-order valence-electron chi connectivity index (χ4n) is 2.19. The number of nitrogens with zero attached hydrogens (tertiary/aromatic N) is 2. The molecule has 0 spiro atoms. The predicted octanol–water partition coefficient (Wildman–Crippen LogP) is 3.27. The highest BCUT2D eigenvalue weighted by molar-refractivity contribution is 5.93. The molecule has 1 aromatic heterocycles. The lowest BCUT2D eigenvalue weighted by Crippen LogP contribution is -1.98. The van der Waals surface area contributed by atoms with Crippen LogP contribution in [0.5, 0.6) is 5.75 Å². The molecule has 0 fully saturated rings. The Kier molecular flexibility index (Phi) is 3.40. The van der Waals surface area contributed by atoms with Gasteiger partial charge in [-0.15, -0.1) is 0 Å². The van der Waals surface area contributed by atoms with E-state index >= 15 is 0 Å². The lowest BCUT2D eigenvalue weighted by molar-refractivity contribution is 0.310.